The number of methoxy groups -OCH3 is 1. The highest BCUT2D eigenvalue weighted by Gasteiger charge is 2.27. The summed E-state index contributed by atoms with van der Waals surface area (Å²) in [7, 11) is -2.06. The Bertz CT molecular complexity index is 1290. The Morgan fingerprint density at radius 1 is 0.969 bits per heavy atom. The third-order valence-electron chi connectivity index (χ3n) is 5.58. The Kier molecular flexibility index (Phi) is 6.25. The van der Waals surface area contributed by atoms with E-state index in [2.05, 4.69) is 0 Å². The maximum Gasteiger partial charge on any atom is 0.251 e. The average Bonchev–Trinajstić information content (AvgIpc) is 3.36. The van der Waals surface area contributed by atoms with E-state index in [4.69, 9.17) is 4.74 Å². The molecule has 7 nitrogen and oxygen atoms in total. The Balaban J connectivity index is 1.54. The molecule has 166 valence electrons. The van der Waals surface area contributed by atoms with E-state index in [1.165, 1.54) is 22.6 Å². The van der Waals surface area contributed by atoms with Crippen molar-refractivity contribution in [2.24, 2.45) is 0 Å². The van der Waals surface area contributed by atoms with Crippen LogP contribution in [0.15, 0.2) is 76.6 Å². The number of rotatable bonds is 7. The van der Waals surface area contributed by atoms with Crippen molar-refractivity contribution in [2.75, 3.05) is 20.2 Å². The minimum Gasteiger partial charge on any atom is -0.497 e. The fourth-order valence-corrected chi connectivity index (χ4v) is 5.30. The molecule has 1 fully saturated rings. The van der Waals surface area contributed by atoms with Gasteiger partial charge in [0, 0.05) is 30.9 Å². The number of carbonyl (C=O) groups excluding carboxylic acids is 1. The molecule has 0 bridgehead atoms. The van der Waals surface area contributed by atoms with Crippen LogP contribution in [0.4, 0.5) is 0 Å². The minimum atomic E-state index is -3.67. The number of ketones is 1. The SMILES string of the molecule is COc1cccc(-c2ccc(C(=O)Cn3cc(S(=O)(=O)N4CCCC4)ccc3=O)cc2)c1. The van der Waals surface area contributed by atoms with Gasteiger partial charge in [-0.25, -0.2) is 8.42 Å². The smallest absolute Gasteiger partial charge is 0.251 e. The van der Waals surface area contributed by atoms with Crippen LogP contribution in [0.3, 0.4) is 0 Å². The Morgan fingerprint density at radius 3 is 2.38 bits per heavy atom. The lowest BCUT2D eigenvalue weighted by Gasteiger charge is -2.16. The van der Waals surface area contributed by atoms with Crippen molar-refractivity contribution < 1.29 is 17.9 Å². The third kappa shape index (κ3) is 4.51. The van der Waals surface area contributed by atoms with E-state index >= 15 is 0 Å². The number of pyridine rings is 1. The van der Waals surface area contributed by atoms with Gasteiger partial charge in [0.1, 0.15) is 5.75 Å². The molecular formula is C24H24N2O5S. The van der Waals surface area contributed by atoms with Crippen LogP contribution >= 0.6 is 0 Å². The van der Waals surface area contributed by atoms with Gasteiger partial charge < -0.3 is 9.30 Å². The van der Waals surface area contributed by atoms with Crippen molar-refractivity contribution >= 4 is 15.8 Å². The number of sulfonamides is 1. The molecule has 3 aromatic rings. The van der Waals surface area contributed by atoms with Crippen LogP contribution in [0.1, 0.15) is 23.2 Å². The normalized spacial score (nSPS) is 14.4. The zero-order valence-corrected chi connectivity index (χ0v) is 18.5. The largest absolute Gasteiger partial charge is 0.497 e. The van der Waals surface area contributed by atoms with Gasteiger partial charge in [0.2, 0.25) is 10.0 Å². The summed E-state index contributed by atoms with van der Waals surface area (Å²) >= 11 is 0. The number of aromatic nitrogens is 1. The average molecular weight is 453 g/mol. The highest BCUT2D eigenvalue weighted by atomic mass is 32.2. The van der Waals surface area contributed by atoms with Gasteiger partial charge in [-0.3, -0.25) is 9.59 Å². The standard InChI is InChI=1S/C24H24N2O5S/c1-31-21-6-4-5-20(15-21)18-7-9-19(10-8-18)23(27)17-25-16-22(11-12-24(25)28)32(29,30)26-13-2-3-14-26/h4-12,15-16H,2-3,13-14,17H2,1H3. The fraction of sp³-hybridized carbons (Fsp3) is 0.250. The first kappa shape index (κ1) is 22.0. The van der Waals surface area contributed by atoms with Gasteiger partial charge in [0.25, 0.3) is 5.56 Å². The van der Waals surface area contributed by atoms with Gasteiger partial charge in [0.05, 0.1) is 18.6 Å². The lowest BCUT2D eigenvalue weighted by Crippen LogP contribution is -2.30. The zero-order valence-electron chi connectivity index (χ0n) is 17.7. The van der Waals surface area contributed by atoms with Crippen molar-refractivity contribution in [3.8, 4) is 16.9 Å². The van der Waals surface area contributed by atoms with E-state index in [1.54, 1.807) is 19.2 Å². The predicted molar refractivity (Wildman–Crippen MR) is 121 cm³/mol. The molecule has 2 heterocycles. The second-order valence-corrected chi connectivity index (χ2v) is 9.61. The molecule has 1 aliphatic rings. The van der Waals surface area contributed by atoms with Crippen LogP contribution in [-0.2, 0) is 16.6 Å². The maximum absolute atomic E-state index is 12.8. The monoisotopic (exact) mass is 452 g/mol. The lowest BCUT2D eigenvalue weighted by molar-refractivity contribution is 0.0970. The van der Waals surface area contributed by atoms with E-state index in [0.717, 1.165) is 34.3 Å². The number of hydrogen-bond acceptors (Lipinski definition) is 5. The molecule has 0 saturated carbocycles. The molecule has 0 atom stereocenters. The molecule has 1 aliphatic heterocycles. The van der Waals surface area contributed by atoms with Crippen molar-refractivity contribution in [2.45, 2.75) is 24.3 Å². The van der Waals surface area contributed by atoms with Crippen LogP contribution in [-0.4, -0.2) is 43.3 Å². The highest BCUT2D eigenvalue weighted by molar-refractivity contribution is 7.89. The lowest BCUT2D eigenvalue weighted by atomic mass is 10.0. The molecule has 0 amide bonds. The minimum absolute atomic E-state index is 0.0279. The van der Waals surface area contributed by atoms with Crippen LogP contribution in [0, 0.1) is 0 Å². The molecule has 8 heteroatoms. The van der Waals surface area contributed by atoms with Gasteiger partial charge in [-0.1, -0.05) is 36.4 Å². The summed E-state index contributed by atoms with van der Waals surface area (Å²) in [5.74, 6) is 0.464. The second kappa shape index (κ2) is 9.10. The zero-order chi connectivity index (χ0) is 22.7. The molecule has 0 radical (unpaired) electrons. The summed E-state index contributed by atoms with van der Waals surface area (Å²) in [5, 5.41) is 0. The number of benzene rings is 2. The summed E-state index contributed by atoms with van der Waals surface area (Å²) in [6.07, 6.45) is 2.91. The molecule has 0 spiro atoms. The summed E-state index contributed by atoms with van der Waals surface area (Å²) in [6.45, 7) is 0.709. The van der Waals surface area contributed by atoms with E-state index in [0.29, 0.717) is 18.7 Å². The molecular weight excluding hydrogens is 428 g/mol. The Morgan fingerprint density at radius 2 is 1.69 bits per heavy atom. The van der Waals surface area contributed by atoms with E-state index in [1.807, 2.05) is 36.4 Å². The Labute approximate surface area is 186 Å². The van der Waals surface area contributed by atoms with Gasteiger partial charge in [-0.05, 0) is 42.2 Å². The second-order valence-electron chi connectivity index (χ2n) is 7.67. The van der Waals surface area contributed by atoms with Crippen molar-refractivity contribution in [3.63, 3.8) is 0 Å². The highest BCUT2D eigenvalue weighted by Crippen LogP contribution is 2.24. The predicted octanol–water partition coefficient (Wildman–Crippen LogP) is 3.19. The summed E-state index contributed by atoms with van der Waals surface area (Å²) < 4.78 is 33.4. The molecule has 2 aromatic carbocycles. The maximum atomic E-state index is 12.8. The molecule has 0 unspecified atom stereocenters. The van der Waals surface area contributed by atoms with Crippen LogP contribution in [0.2, 0.25) is 0 Å². The van der Waals surface area contributed by atoms with Crippen LogP contribution < -0.4 is 10.3 Å². The number of nitrogens with zero attached hydrogens (tertiary/aromatic N) is 2. The molecule has 0 N–H and O–H groups in total. The first-order chi connectivity index (χ1) is 15.4. The fourth-order valence-electron chi connectivity index (χ4n) is 3.76. The Hall–Kier alpha value is -3.23. The van der Waals surface area contributed by atoms with Gasteiger partial charge in [-0.15, -0.1) is 0 Å². The van der Waals surface area contributed by atoms with Crippen molar-refractivity contribution in [1.82, 2.24) is 8.87 Å². The van der Waals surface area contributed by atoms with Gasteiger partial charge in [0.15, 0.2) is 5.78 Å². The number of hydrogen-bond donors (Lipinski definition) is 0. The summed E-state index contributed by atoms with van der Waals surface area (Å²) in [4.78, 5) is 25.1. The molecule has 4 rings (SSSR count). The number of carbonyl (C=O) groups is 1. The molecule has 32 heavy (non-hydrogen) atoms. The van der Waals surface area contributed by atoms with E-state index in [9.17, 15) is 18.0 Å². The number of Topliss-reactive ketones (excluding diaryl/α,β-unsaturated/α-hetero) is 1. The summed E-state index contributed by atoms with van der Waals surface area (Å²) in [5.41, 5.74) is 1.90. The summed E-state index contributed by atoms with van der Waals surface area (Å²) in [6, 6.07) is 17.2. The first-order valence-corrected chi connectivity index (χ1v) is 11.8. The first-order valence-electron chi connectivity index (χ1n) is 10.4. The van der Waals surface area contributed by atoms with E-state index in [-0.39, 0.29) is 17.2 Å². The van der Waals surface area contributed by atoms with Crippen molar-refractivity contribution in [3.05, 3.63) is 82.8 Å². The topological polar surface area (TPSA) is 85.7 Å². The third-order valence-corrected chi connectivity index (χ3v) is 7.47. The van der Waals surface area contributed by atoms with Crippen LogP contribution in [0.25, 0.3) is 11.1 Å². The molecule has 1 aromatic heterocycles. The molecule has 1 saturated heterocycles. The number of ether oxygens (including phenoxy) is 1. The quantitative estimate of drug-likeness (QED) is 0.514. The molecule has 0 aliphatic carbocycles. The van der Waals surface area contributed by atoms with E-state index < -0.39 is 15.6 Å². The van der Waals surface area contributed by atoms with Gasteiger partial charge in [-0.2, -0.15) is 4.31 Å². The van der Waals surface area contributed by atoms with Crippen molar-refractivity contribution in [1.29, 1.82) is 0 Å². The van der Waals surface area contributed by atoms with Gasteiger partial charge >= 0.3 is 0 Å². The van der Waals surface area contributed by atoms with Crippen LogP contribution in [0.5, 0.6) is 5.75 Å².